The van der Waals surface area contributed by atoms with Crippen LogP contribution >= 0.6 is 0 Å². The molecule has 228 valence electrons. The molecule has 4 aromatic heterocycles. The van der Waals surface area contributed by atoms with Crippen molar-refractivity contribution in [2.75, 3.05) is 25.4 Å². The number of nitriles is 1. The molecule has 1 aliphatic heterocycles. The number of hydrogen-bond donors (Lipinski definition) is 1. The van der Waals surface area contributed by atoms with E-state index in [4.69, 9.17) is 4.74 Å². The Labute approximate surface area is 252 Å². The van der Waals surface area contributed by atoms with Gasteiger partial charge in [0.15, 0.2) is 14.9 Å². The van der Waals surface area contributed by atoms with Gasteiger partial charge in [-0.15, -0.1) is 0 Å². The number of nitrogens with zero attached hydrogens (tertiary/aromatic N) is 7. The van der Waals surface area contributed by atoms with Gasteiger partial charge < -0.3 is 14.6 Å². The van der Waals surface area contributed by atoms with E-state index >= 15 is 4.39 Å². The highest BCUT2D eigenvalue weighted by atomic mass is 32.2. The Bertz CT molecular complexity index is 1750. The summed E-state index contributed by atoms with van der Waals surface area (Å²) in [4.78, 5) is 13.4. The first-order valence-electron chi connectivity index (χ1n) is 14.4. The van der Waals surface area contributed by atoms with Gasteiger partial charge in [-0.2, -0.15) is 10.4 Å². The number of hydrogen-bond acceptors (Lipinski definition) is 9. The third kappa shape index (κ3) is 6.26. The Morgan fingerprint density at radius 3 is 2.77 bits per heavy atom. The van der Waals surface area contributed by atoms with Gasteiger partial charge in [-0.1, -0.05) is 26.6 Å². The maximum Gasteiger partial charge on any atom is 0.195 e. The fourth-order valence-corrected chi connectivity index (χ4v) is 7.15. The van der Waals surface area contributed by atoms with Crippen LogP contribution in [0.4, 0.5) is 4.39 Å². The van der Waals surface area contributed by atoms with Crippen LogP contribution in [0.5, 0.6) is 0 Å². The zero-order valence-electron chi connectivity index (χ0n) is 24.9. The number of ether oxygens (including phenoxy) is 1. The van der Waals surface area contributed by atoms with Crippen LogP contribution in [0.15, 0.2) is 48.1 Å². The molecule has 43 heavy (non-hydrogen) atoms. The predicted octanol–water partition coefficient (Wildman–Crippen LogP) is 4.32. The number of aromatic nitrogens is 6. The molecule has 14 heteroatoms. The molecule has 0 spiro atoms. The van der Waals surface area contributed by atoms with Crippen LogP contribution in [-0.2, 0) is 26.7 Å². The molecule has 0 amide bonds. The van der Waals surface area contributed by atoms with Crippen LogP contribution < -0.4 is 5.32 Å². The lowest BCUT2D eigenvalue weighted by molar-refractivity contribution is 0.0899. The Hall–Kier alpha value is -3.51. The van der Waals surface area contributed by atoms with E-state index in [1.807, 2.05) is 16.8 Å². The molecule has 1 aliphatic rings. The Morgan fingerprint density at radius 1 is 1.26 bits per heavy atom. The van der Waals surface area contributed by atoms with Crippen LogP contribution in [0.3, 0.4) is 0 Å². The van der Waals surface area contributed by atoms with E-state index in [-0.39, 0.29) is 22.9 Å². The third-order valence-electron chi connectivity index (χ3n) is 8.08. The first kappa shape index (κ1) is 30.9. The topological polar surface area (TPSA) is 141 Å². The van der Waals surface area contributed by atoms with Crippen LogP contribution in [0.25, 0.3) is 22.3 Å². The summed E-state index contributed by atoms with van der Waals surface area (Å²) in [6, 6.07) is 6.98. The van der Waals surface area contributed by atoms with E-state index in [9.17, 15) is 13.7 Å². The Balaban J connectivity index is 1.50. The quantitative estimate of drug-likeness (QED) is 0.180. The summed E-state index contributed by atoms with van der Waals surface area (Å²) in [5.74, 6) is -0.764. The zero-order valence-corrected chi connectivity index (χ0v) is 26.7. The van der Waals surface area contributed by atoms with E-state index < -0.39 is 35.2 Å². The van der Waals surface area contributed by atoms with Gasteiger partial charge in [-0.05, 0) is 37.2 Å². The van der Waals surface area contributed by atoms with E-state index in [2.05, 4.69) is 51.1 Å². The van der Waals surface area contributed by atoms with Crippen LogP contribution in [0.1, 0.15) is 31.5 Å². The number of sulfone groups is 1. The van der Waals surface area contributed by atoms with Crippen molar-refractivity contribution in [3.63, 3.8) is 0 Å². The van der Waals surface area contributed by atoms with Gasteiger partial charge in [0.2, 0.25) is 0 Å². The summed E-state index contributed by atoms with van der Waals surface area (Å²) < 4.78 is 50.3. The van der Waals surface area contributed by atoms with Crippen molar-refractivity contribution < 1.29 is 17.5 Å². The fourth-order valence-electron chi connectivity index (χ4n) is 5.59. The third-order valence-corrected chi connectivity index (χ3v) is 11.4. The maximum atomic E-state index is 15.5. The molecule has 4 aromatic rings. The van der Waals surface area contributed by atoms with Gasteiger partial charge in [0.1, 0.15) is 24.5 Å². The van der Waals surface area contributed by atoms with E-state index in [1.54, 1.807) is 17.1 Å². The molecule has 0 aliphatic carbocycles. The normalized spacial score (nSPS) is 18.2. The average molecular weight is 625 g/mol. The number of fused-ring (bicyclic) bond motifs is 1. The van der Waals surface area contributed by atoms with Crippen molar-refractivity contribution in [3.8, 4) is 17.3 Å². The largest absolute Gasteiger partial charge is 0.361 e. The SMILES string of the molecule is CCS(=O)(=O)c1ccc(F)c([C@@]2([C@H](CC#N)n3cc(-c4ncnc5c4ccn5COCC[Si](C)(C)C)cn3)CCNC2)n1. The highest BCUT2D eigenvalue weighted by molar-refractivity contribution is 7.91. The van der Waals surface area contributed by atoms with Crippen molar-refractivity contribution >= 4 is 28.9 Å². The molecule has 2 atom stereocenters. The summed E-state index contributed by atoms with van der Waals surface area (Å²) in [6.45, 7) is 10.4. The van der Waals surface area contributed by atoms with Crippen molar-refractivity contribution in [2.24, 2.45) is 0 Å². The lowest BCUT2D eigenvalue weighted by atomic mass is 9.74. The van der Waals surface area contributed by atoms with Crippen molar-refractivity contribution in [2.45, 2.75) is 68.7 Å². The van der Waals surface area contributed by atoms with Crippen molar-refractivity contribution in [1.82, 2.24) is 34.6 Å². The molecule has 1 fully saturated rings. The highest BCUT2D eigenvalue weighted by Crippen LogP contribution is 2.43. The summed E-state index contributed by atoms with van der Waals surface area (Å²) in [5, 5.41) is 18.4. The molecule has 0 radical (unpaired) electrons. The minimum Gasteiger partial charge on any atom is -0.361 e. The molecule has 11 nitrogen and oxygen atoms in total. The summed E-state index contributed by atoms with van der Waals surface area (Å²) >= 11 is 0. The highest BCUT2D eigenvalue weighted by Gasteiger charge is 2.47. The van der Waals surface area contributed by atoms with Crippen LogP contribution in [0.2, 0.25) is 25.7 Å². The van der Waals surface area contributed by atoms with E-state index in [1.165, 1.54) is 19.3 Å². The second kappa shape index (κ2) is 12.2. The van der Waals surface area contributed by atoms with Gasteiger partial charge >= 0.3 is 0 Å². The zero-order chi connectivity index (χ0) is 30.8. The lowest BCUT2D eigenvalue weighted by Crippen LogP contribution is -2.41. The standard InChI is InChI=1S/C29H37FN8O3SSi/c1-5-42(39,40)25-7-6-23(30)27(36-25)29(10-12-32-18-29)24(8-11-31)38-17-21(16-35-38)26-22-9-13-37(28(22)34-19-33-26)20-41-14-15-43(2,3)4/h6-7,9,13,16-17,19,24,32H,5,8,10,12,14-15,18,20H2,1-4H3/t24-,29-/m0/s1. The van der Waals surface area contributed by atoms with Gasteiger partial charge in [0, 0.05) is 44.6 Å². The number of halogens is 1. The Kier molecular flexibility index (Phi) is 8.80. The minimum absolute atomic E-state index is 0.0129. The second-order valence-electron chi connectivity index (χ2n) is 12.1. The van der Waals surface area contributed by atoms with E-state index in [0.29, 0.717) is 44.1 Å². The van der Waals surface area contributed by atoms with Crippen molar-refractivity contribution in [1.29, 1.82) is 5.26 Å². The molecule has 0 aromatic carbocycles. The molecular weight excluding hydrogens is 588 g/mol. The van der Waals surface area contributed by atoms with Gasteiger partial charge in [-0.3, -0.25) is 4.68 Å². The van der Waals surface area contributed by atoms with Gasteiger partial charge in [0.05, 0.1) is 47.3 Å². The van der Waals surface area contributed by atoms with E-state index in [0.717, 1.165) is 23.1 Å². The lowest BCUT2D eigenvalue weighted by Gasteiger charge is -2.36. The van der Waals surface area contributed by atoms with Gasteiger partial charge in [0.25, 0.3) is 0 Å². The average Bonchev–Trinajstić information content (AvgIpc) is 3.74. The number of pyridine rings is 1. The first-order chi connectivity index (χ1) is 20.5. The molecular formula is C29H37FN8O3SSi. The number of rotatable bonds is 12. The molecule has 5 heterocycles. The first-order valence-corrected chi connectivity index (χ1v) is 19.7. The minimum atomic E-state index is -3.67. The van der Waals surface area contributed by atoms with Gasteiger partial charge in [-0.25, -0.2) is 27.8 Å². The second-order valence-corrected chi connectivity index (χ2v) is 20.0. The monoisotopic (exact) mass is 624 g/mol. The van der Waals surface area contributed by atoms with Crippen molar-refractivity contribution in [3.05, 3.63) is 54.6 Å². The van der Waals surface area contributed by atoms with Crippen LogP contribution in [-0.4, -0.2) is 71.2 Å². The summed E-state index contributed by atoms with van der Waals surface area (Å²) in [6.07, 6.45) is 7.36. The molecule has 0 bridgehead atoms. The summed E-state index contributed by atoms with van der Waals surface area (Å²) in [5.41, 5.74) is 1.15. The molecule has 1 saturated heterocycles. The smallest absolute Gasteiger partial charge is 0.195 e. The molecule has 5 rings (SSSR count). The van der Waals surface area contributed by atoms with Crippen LogP contribution in [0, 0.1) is 17.1 Å². The number of nitrogens with one attached hydrogen (secondary N) is 1. The molecule has 0 unspecified atom stereocenters. The predicted molar refractivity (Wildman–Crippen MR) is 163 cm³/mol. The molecule has 1 N–H and O–H groups in total. The fraction of sp³-hybridized carbons (Fsp3) is 0.483. The molecule has 0 saturated carbocycles. The Morgan fingerprint density at radius 2 is 2.07 bits per heavy atom. The maximum absolute atomic E-state index is 15.5. The summed E-state index contributed by atoms with van der Waals surface area (Å²) in [7, 11) is -4.87.